The van der Waals surface area contributed by atoms with Crippen LogP contribution in [0.4, 0.5) is 14.5 Å². The first-order chi connectivity index (χ1) is 16.9. The summed E-state index contributed by atoms with van der Waals surface area (Å²) in [5.41, 5.74) is 1.97. The normalized spacial score (nSPS) is 11.0. The molecule has 3 aromatic carbocycles. The fraction of sp³-hybridized carbons (Fsp3) is 0.214. The smallest absolute Gasteiger partial charge is 0.263 e. The minimum atomic E-state index is -0.885. The van der Waals surface area contributed by atoms with Gasteiger partial charge in [-0.15, -0.1) is 0 Å². The van der Waals surface area contributed by atoms with Crippen LogP contribution in [0.2, 0.25) is 0 Å². The molecule has 0 radical (unpaired) electrons. The standard InChI is InChI=1S/C28H27F2N3O2/c1-3-32(21-9-6-8-19(2)16-21)15-7-14-31-27(34)24-18-33(26-13-12-20(29)17-25(26)30)28(35)23-11-5-4-10-22(23)24/h4-6,8-13,16-18H,3,7,14-15H2,1-2H3,(H,31,34). The van der Waals surface area contributed by atoms with Crippen molar-refractivity contribution in [2.45, 2.75) is 20.3 Å². The highest BCUT2D eigenvalue weighted by Gasteiger charge is 2.17. The number of carbonyl (C=O) groups is 1. The second kappa shape index (κ2) is 10.5. The summed E-state index contributed by atoms with van der Waals surface area (Å²) in [6.07, 6.45) is 2.04. The van der Waals surface area contributed by atoms with Gasteiger partial charge in [-0.3, -0.25) is 14.2 Å². The number of benzene rings is 3. The Morgan fingerprint density at radius 1 is 1.00 bits per heavy atom. The first-order valence-electron chi connectivity index (χ1n) is 11.6. The van der Waals surface area contributed by atoms with Crippen molar-refractivity contribution in [2.24, 2.45) is 0 Å². The van der Waals surface area contributed by atoms with E-state index in [-0.39, 0.29) is 22.5 Å². The Hall–Kier alpha value is -4.00. The van der Waals surface area contributed by atoms with Crippen LogP contribution in [0.1, 0.15) is 29.3 Å². The highest BCUT2D eigenvalue weighted by Crippen LogP contribution is 2.20. The molecule has 0 atom stereocenters. The number of aryl methyl sites for hydroxylation is 1. The number of fused-ring (bicyclic) bond motifs is 1. The van der Waals surface area contributed by atoms with Crippen LogP contribution in [-0.4, -0.2) is 30.1 Å². The Bertz CT molecular complexity index is 1430. The molecular weight excluding hydrogens is 448 g/mol. The van der Waals surface area contributed by atoms with E-state index in [1.54, 1.807) is 24.3 Å². The lowest BCUT2D eigenvalue weighted by molar-refractivity contribution is 0.0954. The molecule has 0 spiro atoms. The number of nitrogens with one attached hydrogen (secondary N) is 1. The Morgan fingerprint density at radius 3 is 2.49 bits per heavy atom. The maximum atomic E-state index is 14.5. The summed E-state index contributed by atoms with van der Waals surface area (Å²) in [5, 5.41) is 3.67. The van der Waals surface area contributed by atoms with Gasteiger partial charge in [-0.2, -0.15) is 0 Å². The lowest BCUT2D eigenvalue weighted by atomic mass is 10.1. The number of hydrogen-bond acceptors (Lipinski definition) is 3. The number of amides is 1. The second-order valence-corrected chi connectivity index (χ2v) is 8.39. The number of nitrogens with zero attached hydrogens (tertiary/aromatic N) is 2. The number of hydrogen-bond donors (Lipinski definition) is 1. The van der Waals surface area contributed by atoms with Gasteiger partial charge in [0.05, 0.1) is 11.3 Å². The monoisotopic (exact) mass is 475 g/mol. The lowest BCUT2D eigenvalue weighted by Gasteiger charge is -2.23. The van der Waals surface area contributed by atoms with E-state index < -0.39 is 17.2 Å². The zero-order chi connectivity index (χ0) is 24.9. The number of carbonyl (C=O) groups excluding carboxylic acids is 1. The van der Waals surface area contributed by atoms with Gasteiger partial charge in [-0.1, -0.05) is 30.3 Å². The van der Waals surface area contributed by atoms with Gasteiger partial charge in [0.2, 0.25) is 0 Å². The van der Waals surface area contributed by atoms with Crippen LogP contribution in [-0.2, 0) is 0 Å². The number of halogens is 2. The lowest BCUT2D eigenvalue weighted by Crippen LogP contribution is -2.31. The van der Waals surface area contributed by atoms with Crippen LogP contribution in [0.15, 0.2) is 77.7 Å². The van der Waals surface area contributed by atoms with Crippen molar-refractivity contribution in [2.75, 3.05) is 24.5 Å². The largest absolute Gasteiger partial charge is 0.372 e. The molecule has 35 heavy (non-hydrogen) atoms. The van der Waals surface area contributed by atoms with Gasteiger partial charge in [0.15, 0.2) is 0 Å². The average Bonchev–Trinajstić information content (AvgIpc) is 2.85. The van der Waals surface area contributed by atoms with Gasteiger partial charge in [0.1, 0.15) is 11.6 Å². The van der Waals surface area contributed by atoms with Crippen LogP contribution < -0.4 is 15.8 Å². The molecule has 0 bridgehead atoms. The zero-order valence-electron chi connectivity index (χ0n) is 19.7. The molecule has 4 aromatic rings. The third-order valence-electron chi connectivity index (χ3n) is 5.98. The van der Waals surface area contributed by atoms with Crippen LogP contribution >= 0.6 is 0 Å². The SMILES string of the molecule is CCN(CCCNC(=O)c1cn(-c2ccc(F)cc2F)c(=O)c2ccccc12)c1cccc(C)c1. The molecule has 1 amide bonds. The summed E-state index contributed by atoms with van der Waals surface area (Å²) >= 11 is 0. The predicted molar refractivity (Wildman–Crippen MR) is 135 cm³/mol. The minimum Gasteiger partial charge on any atom is -0.372 e. The van der Waals surface area contributed by atoms with Crippen molar-refractivity contribution in [3.8, 4) is 5.69 Å². The third kappa shape index (κ3) is 5.24. The van der Waals surface area contributed by atoms with Crippen LogP contribution in [0.3, 0.4) is 0 Å². The Morgan fingerprint density at radius 2 is 1.77 bits per heavy atom. The molecule has 0 aliphatic carbocycles. The molecule has 0 unspecified atom stereocenters. The van der Waals surface area contributed by atoms with Gasteiger partial charge >= 0.3 is 0 Å². The summed E-state index contributed by atoms with van der Waals surface area (Å²) in [4.78, 5) is 28.4. The van der Waals surface area contributed by atoms with Crippen LogP contribution in [0.25, 0.3) is 16.5 Å². The molecule has 0 aliphatic rings. The van der Waals surface area contributed by atoms with E-state index in [4.69, 9.17) is 0 Å². The van der Waals surface area contributed by atoms with Crippen molar-refractivity contribution in [3.63, 3.8) is 0 Å². The molecule has 0 saturated carbocycles. The molecule has 1 heterocycles. The average molecular weight is 476 g/mol. The van der Waals surface area contributed by atoms with E-state index in [2.05, 4.69) is 42.3 Å². The Balaban J connectivity index is 1.55. The molecule has 0 aliphatic heterocycles. The van der Waals surface area contributed by atoms with Crippen molar-refractivity contribution >= 4 is 22.4 Å². The molecule has 1 aromatic heterocycles. The first kappa shape index (κ1) is 24.1. The predicted octanol–water partition coefficient (Wildman–Crippen LogP) is 5.22. The fourth-order valence-electron chi connectivity index (χ4n) is 4.19. The molecule has 180 valence electrons. The highest BCUT2D eigenvalue weighted by molar-refractivity contribution is 6.06. The van der Waals surface area contributed by atoms with E-state index in [0.717, 1.165) is 35.8 Å². The summed E-state index contributed by atoms with van der Waals surface area (Å²) in [6, 6.07) is 18.0. The molecule has 1 N–H and O–H groups in total. The van der Waals surface area contributed by atoms with Gasteiger partial charge in [0.25, 0.3) is 11.5 Å². The summed E-state index contributed by atoms with van der Waals surface area (Å²) in [5.74, 6) is -1.99. The van der Waals surface area contributed by atoms with Crippen LogP contribution in [0.5, 0.6) is 0 Å². The van der Waals surface area contributed by atoms with Gasteiger partial charge in [-0.25, -0.2) is 8.78 Å². The van der Waals surface area contributed by atoms with Gasteiger partial charge in [0, 0.05) is 48.4 Å². The van der Waals surface area contributed by atoms with E-state index >= 15 is 0 Å². The molecular formula is C28H27F2N3O2. The third-order valence-corrected chi connectivity index (χ3v) is 5.98. The van der Waals surface area contributed by atoms with Crippen LogP contribution in [0, 0.1) is 18.6 Å². The highest BCUT2D eigenvalue weighted by atomic mass is 19.1. The number of pyridine rings is 1. The maximum Gasteiger partial charge on any atom is 0.263 e. The van der Waals surface area contributed by atoms with E-state index in [1.807, 2.05) is 6.07 Å². The van der Waals surface area contributed by atoms with Crippen molar-refractivity contribution in [3.05, 3.63) is 106 Å². The minimum absolute atomic E-state index is 0.118. The number of aromatic nitrogens is 1. The molecule has 4 rings (SSSR count). The van der Waals surface area contributed by atoms with Gasteiger partial charge in [-0.05, 0) is 56.2 Å². The maximum absolute atomic E-state index is 14.5. The van der Waals surface area contributed by atoms with Gasteiger partial charge < -0.3 is 10.2 Å². The molecule has 0 fully saturated rings. The summed E-state index contributed by atoms with van der Waals surface area (Å²) < 4.78 is 28.9. The molecule has 7 heteroatoms. The van der Waals surface area contributed by atoms with E-state index in [9.17, 15) is 18.4 Å². The van der Waals surface area contributed by atoms with Crippen molar-refractivity contribution in [1.29, 1.82) is 0 Å². The second-order valence-electron chi connectivity index (χ2n) is 8.39. The zero-order valence-corrected chi connectivity index (χ0v) is 19.7. The number of rotatable bonds is 8. The van der Waals surface area contributed by atoms with E-state index in [0.29, 0.717) is 18.0 Å². The van der Waals surface area contributed by atoms with Crippen molar-refractivity contribution in [1.82, 2.24) is 9.88 Å². The molecule has 5 nitrogen and oxygen atoms in total. The summed E-state index contributed by atoms with van der Waals surface area (Å²) in [6.45, 7) is 6.18. The molecule has 0 saturated heterocycles. The summed E-state index contributed by atoms with van der Waals surface area (Å²) in [7, 11) is 0. The first-order valence-corrected chi connectivity index (χ1v) is 11.6. The number of anilines is 1. The Labute approximate surface area is 202 Å². The van der Waals surface area contributed by atoms with Crippen molar-refractivity contribution < 1.29 is 13.6 Å². The fourth-order valence-corrected chi connectivity index (χ4v) is 4.19. The van der Waals surface area contributed by atoms with E-state index in [1.165, 1.54) is 17.8 Å². The topological polar surface area (TPSA) is 54.3 Å². The Kier molecular flexibility index (Phi) is 7.25. The quantitative estimate of drug-likeness (QED) is 0.356.